The van der Waals surface area contributed by atoms with E-state index < -0.39 is 5.41 Å². The van der Waals surface area contributed by atoms with Gasteiger partial charge in [-0.3, -0.25) is 9.59 Å². The van der Waals surface area contributed by atoms with Gasteiger partial charge in [0.05, 0.1) is 19.6 Å². The Labute approximate surface area is 137 Å². The number of carbonyl (C=O) groups is 2. The molecule has 0 aromatic heterocycles. The highest BCUT2D eigenvalue weighted by molar-refractivity contribution is 5.87. The average molecular weight is 320 g/mol. The normalized spacial score (nSPS) is 15.3. The summed E-state index contributed by atoms with van der Waals surface area (Å²) >= 11 is 0. The Hall–Kier alpha value is -2.24. The van der Waals surface area contributed by atoms with Gasteiger partial charge in [0.25, 0.3) is 0 Å². The van der Waals surface area contributed by atoms with Crippen molar-refractivity contribution in [1.29, 1.82) is 0 Å². The highest BCUT2D eigenvalue weighted by Crippen LogP contribution is 2.34. The number of amides is 2. The second-order valence-corrected chi connectivity index (χ2v) is 6.13. The number of nitrogens with zero attached hydrogens (tertiary/aromatic N) is 2. The quantitative estimate of drug-likeness (QED) is 0.767. The number of ether oxygens (including phenoxy) is 2. The van der Waals surface area contributed by atoms with Crippen molar-refractivity contribution in [3.8, 4) is 11.5 Å². The van der Waals surface area contributed by atoms with E-state index >= 15 is 0 Å². The number of hydrogen-bond acceptors (Lipinski definition) is 4. The van der Waals surface area contributed by atoms with Crippen molar-refractivity contribution >= 4 is 12.3 Å². The van der Waals surface area contributed by atoms with Crippen LogP contribution in [0.25, 0.3) is 0 Å². The summed E-state index contributed by atoms with van der Waals surface area (Å²) in [5.41, 5.74) is 0.195. The predicted octanol–water partition coefficient (Wildman–Crippen LogP) is 1.28. The van der Waals surface area contributed by atoms with E-state index in [1.54, 1.807) is 19.1 Å². The minimum absolute atomic E-state index is 0.0512. The Morgan fingerprint density at radius 3 is 2.22 bits per heavy atom. The van der Waals surface area contributed by atoms with Crippen molar-refractivity contribution in [2.75, 3.05) is 40.4 Å². The van der Waals surface area contributed by atoms with Gasteiger partial charge in [0.15, 0.2) is 11.5 Å². The third-order valence-electron chi connectivity index (χ3n) is 4.39. The van der Waals surface area contributed by atoms with Crippen LogP contribution in [0.5, 0.6) is 11.5 Å². The topological polar surface area (TPSA) is 59.1 Å². The van der Waals surface area contributed by atoms with Crippen LogP contribution in [0.3, 0.4) is 0 Å². The maximum absolute atomic E-state index is 12.9. The molecular formula is C17H24N2O4. The molecule has 0 N–H and O–H groups in total. The Kier molecular flexibility index (Phi) is 5.13. The van der Waals surface area contributed by atoms with Crippen LogP contribution in [0.1, 0.15) is 19.4 Å². The first-order valence-electron chi connectivity index (χ1n) is 7.65. The van der Waals surface area contributed by atoms with E-state index in [0.29, 0.717) is 37.7 Å². The zero-order chi connectivity index (χ0) is 17.0. The molecule has 1 aromatic carbocycles. The monoisotopic (exact) mass is 320 g/mol. The largest absolute Gasteiger partial charge is 0.493 e. The van der Waals surface area contributed by atoms with Gasteiger partial charge in [-0.1, -0.05) is 6.07 Å². The maximum Gasteiger partial charge on any atom is 0.232 e. The molecule has 1 saturated heterocycles. The van der Waals surface area contributed by atoms with Crippen LogP contribution < -0.4 is 9.47 Å². The molecule has 0 aliphatic carbocycles. The number of piperazine rings is 1. The van der Waals surface area contributed by atoms with Crippen molar-refractivity contribution in [3.63, 3.8) is 0 Å². The zero-order valence-corrected chi connectivity index (χ0v) is 14.2. The van der Waals surface area contributed by atoms with Crippen molar-refractivity contribution in [3.05, 3.63) is 23.8 Å². The summed E-state index contributed by atoms with van der Waals surface area (Å²) < 4.78 is 10.6. The van der Waals surface area contributed by atoms with E-state index in [1.165, 1.54) is 0 Å². The number of carbonyl (C=O) groups excluding carboxylic acids is 2. The van der Waals surface area contributed by atoms with Crippen LogP contribution in [0.4, 0.5) is 0 Å². The molecule has 0 bridgehead atoms. The lowest BCUT2D eigenvalue weighted by atomic mass is 9.82. The second-order valence-electron chi connectivity index (χ2n) is 6.13. The van der Waals surface area contributed by atoms with E-state index in [1.807, 2.05) is 36.9 Å². The van der Waals surface area contributed by atoms with Crippen molar-refractivity contribution in [2.45, 2.75) is 19.3 Å². The molecule has 1 fully saturated rings. The SMILES string of the molecule is COc1ccc(C(C)(C)C(=O)N2CCN(C=O)CC2)cc1OC. The van der Waals surface area contributed by atoms with Crippen LogP contribution in [0.2, 0.25) is 0 Å². The van der Waals surface area contributed by atoms with E-state index in [9.17, 15) is 9.59 Å². The molecule has 0 radical (unpaired) electrons. The Balaban J connectivity index is 2.20. The van der Waals surface area contributed by atoms with Crippen molar-refractivity contribution in [1.82, 2.24) is 9.80 Å². The highest BCUT2D eigenvalue weighted by Gasteiger charge is 2.35. The first-order chi connectivity index (χ1) is 10.9. The standard InChI is InChI=1S/C17H24N2O4/c1-17(2,13-5-6-14(22-3)15(11-13)23-4)16(21)19-9-7-18(12-20)8-10-19/h5-6,11-12H,7-10H2,1-4H3. The van der Waals surface area contributed by atoms with Gasteiger partial charge in [0, 0.05) is 26.2 Å². The molecule has 2 amide bonds. The molecule has 1 aromatic rings. The summed E-state index contributed by atoms with van der Waals surface area (Å²) in [7, 11) is 3.16. The fourth-order valence-electron chi connectivity index (χ4n) is 2.77. The fourth-order valence-corrected chi connectivity index (χ4v) is 2.77. The fraction of sp³-hybridized carbons (Fsp3) is 0.529. The first-order valence-corrected chi connectivity index (χ1v) is 7.65. The summed E-state index contributed by atoms with van der Waals surface area (Å²) in [5.74, 6) is 1.30. The summed E-state index contributed by atoms with van der Waals surface area (Å²) in [6, 6.07) is 5.55. The molecule has 0 unspecified atom stereocenters. The lowest BCUT2D eigenvalue weighted by Crippen LogP contribution is -2.52. The molecule has 1 aliphatic rings. The summed E-state index contributed by atoms with van der Waals surface area (Å²) in [5, 5.41) is 0. The van der Waals surface area contributed by atoms with Crippen LogP contribution in [-0.2, 0) is 15.0 Å². The molecule has 0 saturated carbocycles. The summed E-state index contributed by atoms with van der Waals surface area (Å²) in [4.78, 5) is 27.2. The molecule has 0 spiro atoms. The predicted molar refractivity (Wildman–Crippen MR) is 86.8 cm³/mol. The summed E-state index contributed by atoms with van der Waals surface area (Å²) in [6.45, 7) is 6.10. The molecule has 2 rings (SSSR count). The van der Waals surface area contributed by atoms with Crippen LogP contribution >= 0.6 is 0 Å². The number of rotatable bonds is 5. The molecule has 23 heavy (non-hydrogen) atoms. The van der Waals surface area contributed by atoms with E-state index in [0.717, 1.165) is 12.0 Å². The van der Waals surface area contributed by atoms with Gasteiger partial charge < -0.3 is 19.3 Å². The average Bonchev–Trinajstić information content (AvgIpc) is 2.60. The lowest BCUT2D eigenvalue weighted by Gasteiger charge is -2.37. The molecule has 1 aliphatic heterocycles. The van der Waals surface area contributed by atoms with Gasteiger partial charge >= 0.3 is 0 Å². The number of hydrogen-bond donors (Lipinski definition) is 0. The van der Waals surface area contributed by atoms with Crippen LogP contribution in [0.15, 0.2) is 18.2 Å². The molecule has 6 heteroatoms. The van der Waals surface area contributed by atoms with E-state index in [4.69, 9.17) is 9.47 Å². The Morgan fingerprint density at radius 1 is 1.09 bits per heavy atom. The molecular weight excluding hydrogens is 296 g/mol. The molecule has 0 atom stereocenters. The van der Waals surface area contributed by atoms with Crippen molar-refractivity contribution in [2.24, 2.45) is 0 Å². The van der Waals surface area contributed by atoms with Gasteiger partial charge in [-0.05, 0) is 31.5 Å². The maximum atomic E-state index is 12.9. The molecule has 1 heterocycles. The first kappa shape index (κ1) is 17.1. The second kappa shape index (κ2) is 6.89. The third-order valence-corrected chi connectivity index (χ3v) is 4.39. The number of methoxy groups -OCH3 is 2. The van der Waals surface area contributed by atoms with Crippen molar-refractivity contribution < 1.29 is 19.1 Å². The smallest absolute Gasteiger partial charge is 0.232 e. The van der Waals surface area contributed by atoms with Crippen LogP contribution in [-0.4, -0.2) is 62.5 Å². The van der Waals surface area contributed by atoms with Gasteiger partial charge in [0.2, 0.25) is 12.3 Å². The minimum atomic E-state index is -0.678. The lowest BCUT2D eigenvalue weighted by molar-refractivity contribution is -0.139. The van der Waals surface area contributed by atoms with Crippen LogP contribution in [0, 0.1) is 0 Å². The molecule has 126 valence electrons. The van der Waals surface area contributed by atoms with Gasteiger partial charge in [-0.2, -0.15) is 0 Å². The Morgan fingerprint density at radius 2 is 1.70 bits per heavy atom. The van der Waals surface area contributed by atoms with Gasteiger partial charge in [-0.15, -0.1) is 0 Å². The Bertz CT molecular complexity index is 578. The summed E-state index contributed by atoms with van der Waals surface area (Å²) in [6.07, 6.45) is 0.835. The van der Waals surface area contributed by atoms with Gasteiger partial charge in [-0.25, -0.2) is 0 Å². The van der Waals surface area contributed by atoms with Gasteiger partial charge in [0.1, 0.15) is 0 Å². The zero-order valence-electron chi connectivity index (χ0n) is 14.2. The number of benzene rings is 1. The van der Waals surface area contributed by atoms with E-state index in [2.05, 4.69) is 0 Å². The highest BCUT2D eigenvalue weighted by atomic mass is 16.5. The minimum Gasteiger partial charge on any atom is -0.493 e. The molecule has 6 nitrogen and oxygen atoms in total. The van der Waals surface area contributed by atoms with E-state index in [-0.39, 0.29) is 5.91 Å². The third kappa shape index (κ3) is 3.41.